The van der Waals surface area contributed by atoms with Crippen molar-refractivity contribution in [2.24, 2.45) is 0 Å². The van der Waals surface area contributed by atoms with E-state index in [1.165, 1.54) is 6.07 Å². The van der Waals surface area contributed by atoms with Gasteiger partial charge in [-0.05, 0) is 34.5 Å². The maximum Gasteiger partial charge on any atom is 0.337 e. The van der Waals surface area contributed by atoms with Crippen LogP contribution >= 0.6 is 27.5 Å². The molecule has 0 bridgehead atoms. The van der Waals surface area contributed by atoms with E-state index < -0.39 is 16.0 Å². The van der Waals surface area contributed by atoms with Gasteiger partial charge in [0.1, 0.15) is 0 Å². The first kappa shape index (κ1) is 18.0. The van der Waals surface area contributed by atoms with Crippen LogP contribution in [-0.4, -0.2) is 36.9 Å². The second-order valence-electron chi connectivity index (χ2n) is 4.11. The molecule has 0 saturated heterocycles. The van der Waals surface area contributed by atoms with Crippen LogP contribution < -0.4 is 0 Å². The number of carbonyl (C=O) groups is 1. The van der Waals surface area contributed by atoms with Gasteiger partial charge in [0.2, 0.25) is 10.0 Å². The third kappa shape index (κ3) is 3.98. The van der Waals surface area contributed by atoms with Crippen LogP contribution in [0.2, 0.25) is 5.02 Å². The Morgan fingerprint density at radius 1 is 1.52 bits per heavy atom. The number of hydrogen-bond acceptors (Lipinski definition) is 3. The first-order valence-electron chi connectivity index (χ1n) is 5.91. The summed E-state index contributed by atoms with van der Waals surface area (Å²) in [4.78, 5) is 11.0. The average Bonchev–Trinajstić information content (AvgIpc) is 2.40. The summed E-state index contributed by atoms with van der Waals surface area (Å²) in [5, 5.41) is 9.02. The van der Waals surface area contributed by atoms with Crippen molar-refractivity contribution < 1.29 is 18.3 Å². The maximum atomic E-state index is 12.5. The van der Waals surface area contributed by atoms with E-state index in [-0.39, 0.29) is 33.0 Å². The Morgan fingerprint density at radius 2 is 2.14 bits per heavy atom. The summed E-state index contributed by atoms with van der Waals surface area (Å²) >= 11 is 8.91. The van der Waals surface area contributed by atoms with E-state index in [4.69, 9.17) is 23.1 Å². The van der Waals surface area contributed by atoms with E-state index in [0.717, 1.165) is 10.4 Å². The van der Waals surface area contributed by atoms with E-state index in [0.29, 0.717) is 6.42 Å². The topological polar surface area (TPSA) is 74.7 Å². The molecule has 0 aliphatic carbocycles. The second kappa shape index (κ2) is 7.27. The molecule has 0 atom stereocenters. The van der Waals surface area contributed by atoms with Crippen LogP contribution in [0.25, 0.3) is 0 Å². The number of rotatable bonds is 6. The molecule has 0 amide bonds. The smallest absolute Gasteiger partial charge is 0.337 e. The molecular weight excluding hydrogens is 382 g/mol. The number of sulfonamides is 1. The van der Waals surface area contributed by atoms with Crippen molar-refractivity contribution in [3.05, 3.63) is 27.2 Å². The molecule has 0 saturated carbocycles. The van der Waals surface area contributed by atoms with Crippen molar-refractivity contribution in [2.45, 2.75) is 18.2 Å². The summed E-state index contributed by atoms with van der Waals surface area (Å²) < 4.78 is 26.4. The maximum absolute atomic E-state index is 12.5. The molecule has 0 aliphatic heterocycles. The Hall–Kier alpha value is -1.07. The average molecular weight is 395 g/mol. The minimum absolute atomic E-state index is 0.0551. The summed E-state index contributed by atoms with van der Waals surface area (Å²) in [7, 11) is -3.88. The van der Waals surface area contributed by atoms with E-state index in [2.05, 4.69) is 21.9 Å². The zero-order valence-electron chi connectivity index (χ0n) is 11.1. The third-order valence-corrected chi connectivity index (χ3v) is 5.69. The Labute approximate surface area is 137 Å². The molecule has 0 fully saturated rings. The van der Waals surface area contributed by atoms with Crippen molar-refractivity contribution in [2.75, 3.05) is 13.1 Å². The molecule has 0 unspecified atom stereocenters. The number of benzene rings is 1. The van der Waals surface area contributed by atoms with Crippen LogP contribution in [-0.2, 0) is 10.0 Å². The fraction of sp³-hybridized carbons (Fsp3) is 0.308. The molecule has 0 aliphatic rings. The molecule has 21 heavy (non-hydrogen) atoms. The summed E-state index contributed by atoms with van der Waals surface area (Å²) in [6, 6.07) is 2.30. The molecule has 1 aromatic rings. The summed E-state index contributed by atoms with van der Waals surface area (Å²) in [5.74, 6) is 0.976. The van der Waals surface area contributed by atoms with Gasteiger partial charge in [-0.1, -0.05) is 24.4 Å². The van der Waals surface area contributed by atoms with Gasteiger partial charge in [-0.2, -0.15) is 4.31 Å². The molecule has 0 aromatic heterocycles. The SMILES string of the molecule is C#CCN(CCC)S(=O)(=O)c1cc(Br)c(Cl)c(C(=O)O)c1. The molecule has 8 heteroatoms. The van der Waals surface area contributed by atoms with Gasteiger partial charge in [0.05, 0.1) is 22.0 Å². The van der Waals surface area contributed by atoms with Gasteiger partial charge in [-0.3, -0.25) is 0 Å². The molecule has 0 spiro atoms. The second-order valence-corrected chi connectivity index (χ2v) is 7.28. The lowest BCUT2D eigenvalue weighted by Gasteiger charge is -2.19. The van der Waals surface area contributed by atoms with E-state index >= 15 is 0 Å². The van der Waals surface area contributed by atoms with E-state index in [1.54, 1.807) is 0 Å². The normalized spacial score (nSPS) is 11.4. The number of carboxylic acid groups (broad SMARTS) is 1. The molecule has 1 aromatic carbocycles. The zero-order valence-corrected chi connectivity index (χ0v) is 14.3. The number of carboxylic acids is 1. The Morgan fingerprint density at radius 3 is 2.62 bits per heavy atom. The van der Waals surface area contributed by atoms with E-state index in [9.17, 15) is 13.2 Å². The summed E-state index contributed by atoms with van der Waals surface area (Å²) in [6.07, 6.45) is 5.77. The monoisotopic (exact) mass is 393 g/mol. The predicted molar refractivity (Wildman–Crippen MR) is 84.0 cm³/mol. The lowest BCUT2D eigenvalue weighted by Crippen LogP contribution is -2.32. The largest absolute Gasteiger partial charge is 0.478 e. The number of halogens is 2. The lowest BCUT2D eigenvalue weighted by molar-refractivity contribution is 0.0696. The quantitative estimate of drug-likeness (QED) is 0.753. The minimum atomic E-state index is -3.88. The van der Waals surface area contributed by atoms with Crippen molar-refractivity contribution in [3.8, 4) is 12.3 Å². The van der Waals surface area contributed by atoms with E-state index in [1.807, 2.05) is 6.92 Å². The molecule has 114 valence electrons. The van der Waals surface area contributed by atoms with Crippen LogP contribution in [0.1, 0.15) is 23.7 Å². The molecule has 0 radical (unpaired) electrons. The van der Waals surface area contributed by atoms with Crippen molar-refractivity contribution in [1.29, 1.82) is 0 Å². The third-order valence-electron chi connectivity index (χ3n) is 2.61. The predicted octanol–water partition coefficient (Wildman–Crippen LogP) is 2.83. The van der Waals surface area contributed by atoms with Crippen LogP contribution in [0.3, 0.4) is 0 Å². The minimum Gasteiger partial charge on any atom is -0.478 e. The number of aromatic carboxylic acids is 1. The Balaban J connectivity index is 3.44. The van der Waals surface area contributed by atoms with Gasteiger partial charge in [0.15, 0.2) is 0 Å². The van der Waals surface area contributed by atoms with Crippen LogP contribution in [0, 0.1) is 12.3 Å². The number of terminal acetylenes is 1. The van der Waals surface area contributed by atoms with Crippen LogP contribution in [0.5, 0.6) is 0 Å². The van der Waals surface area contributed by atoms with Crippen molar-refractivity contribution in [1.82, 2.24) is 4.31 Å². The molecule has 0 heterocycles. The Kier molecular flexibility index (Phi) is 6.23. The highest BCUT2D eigenvalue weighted by atomic mass is 79.9. The van der Waals surface area contributed by atoms with Gasteiger partial charge in [0.25, 0.3) is 0 Å². The first-order valence-corrected chi connectivity index (χ1v) is 8.52. The first-order chi connectivity index (χ1) is 9.75. The van der Waals surface area contributed by atoms with Gasteiger partial charge >= 0.3 is 5.97 Å². The highest BCUT2D eigenvalue weighted by Gasteiger charge is 2.26. The van der Waals surface area contributed by atoms with Gasteiger partial charge in [-0.25, -0.2) is 13.2 Å². The molecule has 1 rings (SSSR count). The highest BCUT2D eigenvalue weighted by Crippen LogP contribution is 2.31. The molecular formula is C13H13BrClNO4S. The standard InChI is InChI=1S/C13H13BrClNO4S/c1-3-5-16(6-4-2)21(19,20)9-7-10(13(17)18)12(15)11(14)8-9/h1,7-8H,4-6H2,2H3,(H,17,18). The molecule has 5 nitrogen and oxygen atoms in total. The summed E-state index contributed by atoms with van der Waals surface area (Å²) in [6.45, 7) is 1.98. The fourth-order valence-electron chi connectivity index (χ4n) is 1.65. The number of hydrogen-bond donors (Lipinski definition) is 1. The lowest BCUT2D eigenvalue weighted by atomic mass is 10.2. The fourth-order valence-corrected chi connectivity index (χ4v) is 3.95. The van der Waals surface area contributed by atoms with Crippen LogP contribution in [0.4, 0.5) is 0 Å². The van der Waals surface area contributed by atoms with Gasteiger partial charge in [-0.15, -0.1) is 6.42 Å². The van der Waals surface area contributed by atoms with Crippen molar-refractivity contribution in [3.63, 3.8) is 0 Å². The van der Waals surface area contributed by atoms with Crippen LogP contribution in [0.15, 0.2) is 21.5 Å². The molecule has 1 N–H and O–H groups in total. The highest BCUT2D eigenvalue weighted by molar-refractivity contribution is 9.10. The van der Waals surface area contributed by atoms with Gasteiger partial charge < -0.3 is 5.11 Å². The number of nitrogens with zero attached hydrogens (tertiary/aromatic N) is 1. The van der Waals surface area contributed by atoms with Crippen molar-refractivity contribution >= 4 is 43.5 Å². The Bertz CT molecular complexity index is 697. The summed E-state index contributed by atoms with van der Waals surface area (Å²) in [5.41, 5.74) is -0.290. The van der Waals surface area contributed by atoms with Gasteiger partial charge in [0, 0.05) is 11.0 Å². The zero-order chi connectivity index (χ0) is 16.2.